The van der Waals surface area contributed by atoms with Gasteiger partial charge in [0.15, 0.2) is 0 Å². The summed E-state index contributed by atoms with van der Waals surface area (Å²) in [7, 11) is 2.14. The third-order valence-corrected chi connectivity index (χ3v) is 8.26. The zero-order valence-corrected chi connectivity index (χ0v) is 24.8. The number of fused-ring (bicyclic) bond motifs is 1. The van der Waals surface area contributed by atoms with Crippen molar-refractivity contribution in [2.75, 3.05) is 74.5 Å². The van der Waals surface area contributed by atoms with Crippen LogP contribution in [0.15, 0.2) is 67.5 Å². The van der Waals surface area contributed by atoms with Crippen LogP contribution in [0, 0.1) is 0 Å². The molecule has 2 aliphatic rings. The average Bonchev–Trinajstić information content (AvgIpc) is 3.49. The van der Waals surface area contributed by atoms with Gasteiger partial charge >= 0.3 is 0 Å². The van der Waals surface area contributed by atoms with E-state index in [1.807, 2.05) is 70.6 Å². The number of piperazine rings is 2. The first kappa shape index (κ1) is 27.7. The Morgan fingerprint density at radius 3 is 2.25 bits per heavy atom. The second-order valence-corrected chi connectivity index (χ2v) is 11.1. The van der Waals surface area contributed by atoms with Crippen molar-refractivity contribution in [1.82, 2.24) is 44.1 Å². The Morgan fingerprint density at radius 2 is 1.52 bits per heavy atom. The van der Waals surface area contributed by atoms with Crippen LogP contribution in [0.3, 0.4) is 0 Å². The van der Waals surface area contributed by atoms with E-state index in [1.165, 1.54) is 0 Å². The molecule has 0 unspecified atom stereocenters. The van der Waals surface area contributed by atoms with Gasteiger partial charge in [0.25, 0.3) is 0 Å². The molecule has 0 spiro atoms. The summed E-state index contributed by atoms with van der Waals surface area (Å²) < 4.78 is 2.02. The molecule has 0 aliphatic carbocycles. The van der Waals surface area contributed by atoms with E-state index < -0.39 is 0 Å². The smallest absolute Gasteiger partial charge is 0.228 e. The first-order valence-electron chi connectivity index (χ1n) is 14.8. The first-order chi connectivity index (χ1) is 21.5. The molecule has 0 radical (unpaired) electrons. The molecule has 2 saturated heterocycles. The number of carbonyl (C=O) groups is 1. The maximum Gasteiger partial charge on any atom is 0.228 e. The molecule has 1 N–H and O–H groups in total. The lowest BCUT2D eigenvalue weighted by Gasteiger charge is -2.35. The molecule has 5 aromatic rings. The Bertz CT molecular complexity index is 1760. The van der Waals surface area contributed by atoms with Crippen LogP contribution in [0.5, 0.6) is 0 Å². The average molecular weight is 591 g/mol. The molecule has 7 heterocycles. The van der Waals surface area contributed by atoms with Crippen molar-refractivity contribution in [2.45, 2.75) is 6.92 Å². The number of rotatable bonds is 6. The molecule has 44 heavy (non-hydrogen) atoms. The minimum atomic E-state index is 0.120. The van der Waals surface area contributed by atoms with Crippen molar-refractivity contribution in [1.29, 1.82) is 0 Å². The Balaban J connectivity index is 1.06. The van der Waals surface area contributed by atoms with Gasteiger partial charge in [-0.2, -0.15) is 0 Å². The van der Waals surface area contributed by atoms with E-state index in [1.54, 1.807) is 13.1 Å². The molecule has 2 aliphatic heterocycles. The Labute approximate surface area is 255 Å². The van der Waals surface area contributed by atoms with Crippen molar-refractivity contribution in [2.24, 2.45) is 0 Å². The number of hydrogen-bond donors (Lipinski definition) is 1. The summed E-state index contributed by atoms with van der Waals surface area (Å²) in [5.74, 6) is 1.98. The lowest BCUT2D eigenvalue weighted by atomic mass is 10.1. The maximum absolute atomic E-state index is 11.6. The van der Waals surface area contributed by atoms with Crippen LogP contribution in [0.25, 0.3) is 28.2 Å². The molecule has 5 aromatic heterocycles. The lowest BCUT2D eigenvalue weighted by molar-refractivity contribution is -0.129. The summed E-state index contributed by atoms with van der Waals surface area (Å²) in [6.07, 6.45) is 11.2. The molecule has 224 valence electrons. The molecule has 7 rings (SSSR count). The highest BCUT2D eigenvalue weighted by molar-refractivity contribution is 5.73. The SMILES string of the molecule is CC(=O)N1CCN(c2ccc(Nc3nccc(-c4cnc5ccc(-c6cnc(N7CCN(C)CC7)nc6)cn45)n3)nc2)CC1. The standard InChI is InChI=1S/C31H34N12O/c1-22(44)40-13-15-41(16-14-40)25-4-5-28(33-19-25)38-30-32-8-7-26(37-30)27-20-34-29-6-3-23(21-43(27)29)24-17-35-31(36-18-24)42-11-9-39(2)10-12-42/h3-8,17-21H,9-16H2,1-2H3,(H,32,33,37,38). The number of carbonyl (C=O) groups excluding carboxylic acids is 1. The predicted octanol–water partition coefficient (Wildman–Crippen LogP) is 2.81. The van der Waals surface area contributed by atoms with Crippen molar-refractivity contribution >= 4 is 35.0 Å². The molecule has 13 nitrogen and oxygen atoms in total. The fourth-order valence-electron chi connectivity index (χ4n) is 5.58. The molecule has 0 bridgehead atoms. The van der Waals surface area contributed by atoms with Gasteiger partial charge in [0.1, 0.15) is 11.5 Å². The second-order valence-electron chi connectivity index (χ2n) is 11.1. The normalized spacial score (nSPS) is 16.0. The minimum Gasteiger partial charge on any atom is -0.367 e. The fourth-order valence-corrected chi connectivity index (χ4v) is 5.58. The number of aromatic nitrogens is 7. The van der Waals surface area contributed by atoms with Gasteiger partial charge in [0.05, 0.1) is 29.5 Å². The van der Waals surface area contributed by atoms with Gasteiger partial charge in [0, 0.05) is 95.2 Å². The zero-order valence-electron chi connectivity index (χ0n) is 24.8. The van der Waals surface area contributed by atoms with Crippen LogP contribution in [-0.4, -0.2) is 109 Å². The minimum absolute atomic E-state index is 0.120. The van der Waals surface area contributed by atoms with Gasteiger partial charge in [0.2, 0.25) is 17.8 Å². The number of imidazole rings is 1. The molecular formula is C31H34N12O. The number of anilines is 4. The molecule has 0 atom stereocenters. The topological polar surface area (TPSA) is 124 Å². The van der Waals surface area contributed by atoms with Gasteiger partial charge in [-0.05, 0) is 37.4 Å². The van der Waals surface area contributed by atoms with E-state index >= 15 is 0 Å². The van der Waals surface area contributed by atoms with Crippen LogP contribution in [0.2, 0.25) is 0 Å². The van der Waals surface area contributed by atoms with E-state index in [4.69, 9.17) is 4.98 Å². The van der Waals surface area contributed by atoms with Crippen LogP contribution >= 0.6 is 0 Å². The summed E-state index contributed by atoms with van der Waals surface area (Å²) in [6, 6.07) is 9.83. The zero-order chi connectivity index (χ0) is 30.0. The van der Waals surface area contributed by atoms with Gasteiger partial charge in [-0.15, -0.1) is 0 Å². The molecule has 0 saturated carbocycles. The van der Waals surface area contributed by atoms with Crippen molar-refractivity contribution < 1.29 is 4.79 Å². The summed E-state index contributed by atoms with van der Waals surface area (Å²) in [4.78, 5) is 48.0. The Kier molecular flexibility index (Phi) is 7.44. The van der Waals surface area contributed by atoms with E-state index in [-0.39, 0.29) is 5.91 Å². The maximum atomic E-state index is 11.6. The van der Waals surface area contributed by atoms with Crippen molar-refractivity contribution in [3.05, 3.63) is 67.5 Å². The number of nitrogens with one attached hydrogen (secondary N) is 1. The summed E-state index contributed by atoms with van der Waals surface area (Å²) in [5, 5.41) is 3.22. The third-order valence-electron chi connectivity index (χ3n) is 8.26. The molecular weight excluding hydrogens is 556 g/mol. The second kappa shape index (κ2) is 11.8. The number of likely N-dealkylation sites (N-methyl/N-ethyl adjacent to an activating group) is 1. The van der Waals surface area contributed by atoms with E-state index in [9.17, 15) is 4.79 Å². The van der Waals surface area contributed by atoms with Crippen LogP contribution in [-0.2, 0) is 4.79 Å². The number of hydrogen-bond acceptors (Lipinski definition) is 11. The van der Waals surface area contributed by atoms with E-state index in [0.717, 1.165) is 92.2 Å². The fraction of sp³-hybridized carbons (Fsp3) is 0.323. The van der Waals surface area contributed by atoms with Gasteiger partial charge < -0.3 is 24.9 Å². The Morgan fingerprint density at radius 1 is 0.750 bits per heavy atom. The summed E-state index contributed by atoms with van der Waals surface area (Å²) in [5.41, 5.74) is 5.33. The first-order valence-corrected chi connectivity index (χ1v) is 14.8. The van der Waals surface area contributed by atoms with Gasteiger partial charge in [-0.3, -0.25) is 9.20 Å². The lowest BCUT2D eigenvalue weighted by Crippen LogP contribution is -2.48. The Hall–Kier alpha value is -5.17. The number of amides is 1. The van der Waals surface area contributed by atoms with Gasteiger partial charge in [-0.25, -0.2) is 29.9 Å². The third kappa shape index (κ3) is 5.73. The molecule has 13 heteroatoms. The molecule has 1 amide bonds. The van der Waals surface area contributed by atoms with E-state index in [0.29, 0.717) is 11.8 Å². The summed E-state index contributed by atoms with van der Waals surface area (Å²) in [6.45, 7) is 8.51. The van der Waals surface area contributed by atoms with Gasteiger partial charge in [-0.1, -0.05) is 0 Å². The summed E-state index contributed by atoms with van der Waals surface area (Å²) >= 11 is 0. The highest BCUT2D eigenvalue weighted by Gasteiger charge is 2.19. The highest BCUT2D eigenvalue weighted by Crippen LogP contribution is 2.26. The quantitative estimate of drug-likeness (QED) is 0.314. The van der Waals surface area contributed by atoms with Crippen molar-refractivity contribution in [3.63, 3.8) is 0 Å². The monoisotopic (exact) mass is 590 g/mol. The largest absolute Gasteiger partial charge is 0.367 e. The molecule has 2 fully saturated rings. The van der Waals surface area contributed by atoms with Crippen LogP contribution < -0.4 is 15.1 Å². The van der Waals surface area contributed by atoms with Crippen LogP contribution in [0.1, 0.15) is 6.92 Å². The van der Waals surface area contributed by atoms with E-state index in [2.05, 4.69) is 52.0 Å². The highest BCUT2D eigenvalue weighted by atomic mass is 16.2. The number of pyridine rings is 2. The van der Waals surface area contributed by atoms with Crippen LogP contribution in [0.4, 0.5) is 23.4 Å². The number of nitrogens with zero attached hydrogens (tertiary/aromatic N) is 11. The van der Waals surface area contributed by atoms with Crippen molar-refractivity contribution in [3.8, 4) is 22.5 Å². The molecule has 0 aromatic carbocycles. The predicted molar refractivity (Wildman–Crippen MR) is 169 cm³/mol.